The molecule has 1 atom stereocenters. The second-order valence-electron chi connectivity index (χ2n) is 4.27. The maximum absolute atomic E-state index is 11.2. The topological polar surface area (TPSA) is 61.7 Å². The Morgan fingerprint density at radius 3 is 2.47 bits per heavy atom. The number of carboxylic acids is 1. The van der Waals surface area contributed by atoms with Crippen LogP contribution in [0.15, 0.2) is 59.6 Å². The van der Waals surface area contributed by atoms with Gasteiger partial charge in [-0.2, -0.15) is 0 Å². The molecule has 0 amide bonds. The van der Waals surface area contributed by atoms with Crippen molar-refractivity contribution >= 4 is 17.4 Å². The molecule has 0 radical (unpaired) electrons. The summed E-state index contributed by atoms with van der Waals surface area (Å²) in [6.45, 7) is 0. The first kappa shape index (κ1) is 11.5. The zero-order chi connectivity index (χ0) is 13.2. The Kier molecular flexibility index (Phi) is 2.76. The van der Waals surface area contributed by atoms with Crippen LogP contribution in [0.2, 0.25) is 0 Å². The van der Waals surface area contributed by atoms with Gasteiger partial charge in [0, 0.05) is 16.8 Å². The molecule has 2 N–H and O–H groups in total. The Hall–Kier alpha value is -2.62. The molecule has 4 heteroatoms. The predicted octanol–water partition coefficient (Wildman–Crippen LogP) is 2.36. The van der Waals surface area contributed by atoms with Crippen molar-refractivity contribution in [3.8, 4) is 0 Å². The molecular formula is C15H12N2O2. The summed E-state index contributed by atoms with van der Waals surface area (Å²) in [4.78, 5) is 15.5. The fourth-order valence-electron chi connectivity index (χ4n) is 2.14. The molecule has 1 aliphatic heterocycles. The van der Waals surface area contributed by atoms with Crippen LogP contribution in [0.5, 0.6) is 0 Å². The largest absolute Gasteiger partial charge is 0.478 e. The minimum Gasteiger partial charge on any atom is -0.478 e. The molecule has 3 rings (SSSR count). The van der Waals surface area contributed by atoms with Gasteiger partial charge in [-0.1, -0.05) is 48.5 Å². The Balaban J connectivity index is 2.16. The van der Waals surface area contributed by atoms with E-state index in [1.54, 1.807) is 0 Å². The highest BCUT2D eigenvalue weighted by molar-refractivity contribution is 6.17. The molecule has 1 unspecified atom stereocenters. The first-order valence-electron chi connectivity index (χ1n) is 5.97. The Bertz CT molecular complexity index is 650. The molecule has 0 aliphatic carbocycles. The first-order chi connectivity index (χ1) is 9.25. The summed E-state index contributed by atoms with van der Waals surface area (Å²) in [5.74, 6) is -0.983. The maximum atomic E-state index is 11.2. The molecular weight excluding hydrogens is 240 g/mol. The predicted molar refractivity (Wildman–Crippen MR) is 73.6 cm³/mol. The van der Waals surface area contributed by atoms with Gasteiger partial charge in [0.1, 0.15) is 0 Å². The number of hydrogen-bond acceptors (Lipinski definition) is 3. The monoisotopic (exact) mass is 252 g/mol. The second-order valence-corrected chi connectivity index (χ2v) is 4.27. The molecule has 2 aromatic rings. The number of nitrogens with one attached hydrogen (secondary N) is 1. The van der Waals surface area contributed by atoms with Gasteiger partial charge in [-0.3, -0.25) is 0 Å². The van der Waals surface area contributed by atoms with Crippen LogP contribution >= 0.6 is 0 Å². The molecule has 4 nitrogen and oxygen atoms in total. The molecule has 0 aromatic heterocycles. The van der Waals surface area contributed by atoms with E-state index in [1.165, 1.54) is 0 Å². The van der Waals surface area contributed by atoms with Crippen molar-refractivity contribution in [1.29, 1.82) is 0 Å². The Morgan fingerprint density at radius 2 is 1.74 bits per heavy atom. The molecule has 19 heavy (non-hydrogen) atoms. The lowest BCUT2D eigenvalue weighted by Gasteiger charge is -2.23. The van der Waals surface area contributed by atoms with E-state index in [-0.39, 0.29) is 0 Å². The molecule has 0 bridgehead atoms. The summed E-state index contributed by atoms with van der Waals surface area (Å²) >= 11 is 0. The van der Waals surface area contributed by atoms with E-state index in [1.807, 2.05) is 54.6 Å². The van der Waals surface area contributed by atoms with Crippen LogP contribution in [-0.4, -0.2) is 23.0 Å². The van der Waals surface area contributed by atoms with Gasteiger partial charge in [-0.05, 0) is 6.07 Å². The highest BCUT2D eigenvalue weighted by Crippen LogP contribution is 2.25. The highest BCUT2D eigenvalue weighted by Gasteiger charge is 2.25. The number of anilines is 1. The minimum absolute atomic E-state index is 0.711. The fraction of sp³-hybridized carbons (Fsp3) is 0.0667. The van der Waals surface area contributed by atoms with Crippen LogP contribution in [-0.2, 0) is 4.79 Å². The van der Waals surface area contributed by atoms with E-state index in [0.717, 1.165) is 16.8 Å². The summed E-state index contributed by atoms with van der Waals surface area (Å²) in [6, 6.07) is 17.2. The smallest absolute Gasteiger partial charge is 0.349 e. The second kappa shape index (κ2) is 4.57. The first-order valence-corrected chi connectivity index (χ1v) is 5.97. The van der Waals surface area contributed by atoms with Crippen molar-refractivity contribution < 1.29 is 9.90 Å². The third kappa shape index (κ3) is 2.08. The number of carbonyl (C=O) groups is 1. The molecule has 0 saturated carbocycles. The molecule has 2 aromatic carbocycles. The van der Waals surface area contributed by atoms with Gasteiger partial charge in [-0.15, -0.1) is 0 Å². The van der Waals surface area contributed by atoms with E-state index in [9.17, 15) is 4.79 Å². The van der Waals surface area contributed by atoms with Crippen LogP contribution in [0.25, 0.3) is 0 Å². The van der Waals surface area contributed by atoms with Crippen LogP contribution < -0.4 is 5.32 Å². The summed E-state index contributed by atoms with van der Waals surface area (Å²) in [6.07, 6.45) is -0.940. The van der Waals surface area contributed by atoms with E-state index in [2.05, 4.69) is 10.3 Å². The fourth-order valence-corrected chi connectivity index (χ4v) is 2.14. The lowest BCUT2D eigenvalue weighted by Crippen LogP contribution is -2.33. The van der Waals surface area contributed by atoms with Crippen LogP contribution in [0.4, 0.5) is 5.69 Å². The van der Waals surface area contributed by atoms with Crippen molar-refractivity contribution in [2.45, 2.75) is 6.17 Å². The zero-order valence-electron chi connectivity index (χ0n) is 10.1. The van der Waals surface area contributed by atoms with Crippen molar-refractivity contribution in [2.75, 3.05) is 5.32 Å². The quantitative estimate of drug-likeness (QED) is 0.862. The van der Waals surface area contributed by atoms with Gasteiger partial charge in [-0.25, -0.2) is 9.79 Å². The van der Waals surface area contributed by atoms with Gasteiger partial charge >= 0.3 is 5.97 Å². The van der Waals surface area contributed by atoms with Gasteiger partial charge in [0.2, 0.25) is 6.17 Å². The van der Waals surface area contributed by atoms with Crippen molar-refractivity contribution in [3.05, 3.63) is 65.7 Å². The summed E-state index contributed by atoms with van der Waals surface area (Å²) < 4.78 is 0. The summed E-state index contributed by atoms with van der Waals surface area (Å²) in [5, 5.41) is 12.1. The number of rotatable bonds is 2. The maximum Gasteiger partial charge on any atom is 0.349 e. The lowest BCUT2D eigenvalue weighted by atomic mass is 9.99. The Morgan fingerprint density at radius 1 is 1.05 bits per heavy atom. The number of nitrogens with zero attached hydrogens (tertiary/aromatic N) is 1. The van der Waals surface area contributed by atoms with Crippen molar-refractivity contribution in [3.63, 3.8) is 0 Å². The number of fused-ring (bicyclic) bond motifs is 1. The molecule has 94 valence electrons. The van der Waals surface area contributed by atoms with E-state index in [0.29, 0.717) is 5.71 Å². The van der Waals surface area contributed by atoms with E-state index >= 15 is 0 Å². The molecule has 1 aliphatic rings. The SMILES string of the molecule is O=C(O)C1N=C(c2ccccc2)c2ccccc2N1. The number of carboxylic acid groups (broad SMARTS) is 1. The molecule has 0 fully saturated rings. The minimum atomic E-state index is -0.983. The van der Waals surface area contributed by atoms with Crippen LogP contribution in [0, 0.1) is 0 Å². The zero-order valence-corrected chi connectivity index (χ0v) is 10.1. The third-order valence-electron chi connectivity index (χ3n) is 3.01. The van der Waals surface area contributed by atoms with Gasteiger partial charge in [0.05, 0.1) is 5.71 Å². The third-order valence-corrected chi connectivity index (χ3v) is 3.01. The normalized spacial score (nSPS) is 17.1. The van der Waals surface area contributed by atoms with Crippen molar-refractivity contribution in [1.82, 2.24) is 0 Å². The van der Waals surface area contributed by atoms with Gasteiger partial charge in [0.15, 0.2) is 0 Å². The summed E-state index contributed by atoms with van der Waals surface area (Å²) in [7, 11) is 0. The molecule has 0 spiro atoms. The van der Waals surface area contributed by atoms with E-state index < -0.39 is 12.1 Å². The average molecular weight is 252 g/mol. The van der Waals surface area contributed by atoms with Gasteiger partial charge < -0.3 is 10.4 Å². The molecule has 1 heterocycles. The van der Waals surface area contributed by atoms with E-state index in [4.69, 9.17) is 5.11 Å². The number of aliphatic imine (C=N–C) groups is 1. The van der Waals surface area contributed by atoms with Crippen molar-refractivity contribution in [2.24, 2.45) is 4.99 Å². The summed E-state index contributed by atoms with van der Waals surface area (Å²) in [5.41, 5.74) is 3.35. The Labute approximate surface area is 110 Å². The number of hydrogen-bond donors (Lipinski definition) is 2. The number of para-hydroxylation sites is 1. The van der Waals surface area contributed by atoms with Crippen LogP contribution in [0.1, 0.15) is 11.1 Å². The number of benzene rings is 2. The standard InChI is InChI=1S/C15H12N2O2/c18-15(19)14-16-12-9-5-4-8-11(12)13(17-14)10-6-2-1-3-7-10/h1-9,14,16H,(H,18,19). The number of aliphatic carboxylic acids is 1. The lowest BCUT2D eigenvalue weighted by molar-refractivity contribution is -0.137. The average Bonchev–Trinajstić information content (AvgIpc) is 2.47. The van der Waals surface area contributed by atoms with Crippen LogP contribution in [0.3, 0.4) is 0 Å². The van der Waals surface area contributed by atoms with Gasteiger partial charge in [0.25, 0.3) is 0 Å². The molecule has 0 saturated heterocycles. The highest BCUT2D eigenvalue weighted by atomic mass is 16.4.